The quantitative estimate of drug-likeness (QED) is 0.634. The van der Waals surface area contributed by atoms with Crippen LogP contribution in [0.1, 0.15) is 44.4 Å². The Morgan fingerprint density at radius 3 is 2.74 bits per heavy atom. The number of hydrogen-bond donors (Lipinski definition) is 2. The lowest BCUT2D eigenvalue weighted by molar-refractivity contribution is 0.325. The van der Waals surface area contributed by atoms with Crippen LogP contribution in [0.4, 0.5) is 5.82 Å². The summed E-state index contributed by atoms with van der Waals surface area (Å²) in [6, 6.07) is 3.81. The van der Waals surface area contributed by atoms with Gasteiger partial charge in [-0.2, -0.15) is 0 Å². The van der Waals surface area contributed by atoms with Crippen LogP contribution in [0.3, 0.4) is 0 Å². The number of aromatic nitrogens is 1. The average molecular weight is 260 g/mol. The zero-order valence-corrected chi connectivity index (χ0v) is 12.2. The monoisotopic (exact) mass is 260 g/mol. The van der Waals surface area contributed by atoms with E-state index in [1.54, 1.807) is 0 Å². The second kappa shape index (κ2) is 5.19. The van der Waals surface area contributed by atoms with Crippen LogP contribution in [0.2, 0.25) is 0 Å². The van der Waals surface area contributed by atoms with Crippen molar-refractivity contribution in [2.75, 3.05) is 18.0 Å². The van der Waals surface area contributed by atoms with Crippen molar-refractivity contribution in [2.24, 2.45) is 11.1 Å². The first-order chi connectivity index (χ1) is 8.87. The van der Waals surface area contributed by atoms with E-state index in [4.69, 9.17) is 11.1 Å². The van der Waals surface area contributed by atoms with Crippen LogP contribution in [0.25, 0.3) is 0 Å². The number of anilines is 1. The fourth-order valence-electron chi connectivity index (χ4n) is 2.62. The summed E-state index contributed by atoms with van der Waals surface area (Å²) in [6.45, 7) is 8.69. The van der Waals surface area contributed by atoms with E-state index in [0.717, 1.165) is 30.2 Å². The Morgan fingerprint density at radius 2 is 2.05 bits per heavy atom. The molecule has 4 heteroatoms. The highest BCUT2D eigenvalue weighted by molar-refractivity contribution is 5.95. The Kier molecular flexibility index (Phi) is 3.78. The Balaban J connectivity index is 2.24. The van der Waals surface area contributed by atoms with Crippen LogP contribution in [-0.2, 0) is 0 Å². The Morgan fingerprint density at radius 1 is 1.32 bits per heavy atom. The molecule has 1 aliphatic heterocycles. The van der Waals surface area contributed by atoms with E-state index in [0.29, 0.717) is 5.41 Å². The third-order valence-corrected chi connectivity index (χ3v) is 3.91. The molecule has 4 nitrogen and oxygen atoms in total. The van der Waals surface area contributed by atoms with Crippen molar-refractivity contribution in [1.29, 1.82) is 5.41 Å². The van der Waals surface area contributed by atoms with Gasteiger partial charge in [-0.1, -0.05) is 13.8 Å². The van der Waals surface area contributed by atoms with E-state index >= 15 is 0 Å². The van der Waals surface area contributed by atoms with Crippen molar-refractivity contribution in [2.45, 2.75) is 40.0 Å². The second-order valence-electron chi connectivity index (χ2n) is 6.27. The van der Waals surface area contributed by atoms with Crippen molar-refractivity contribution < 1.29 is 0 Å². The zero-order valence-electron chi connectivity index (χ0n) is 12.2. The summed E-state index contributed by atoms with van der Waals surface area (Å²) >= 11 is 0. The molecule has 1 fully saturated rings. The molecule has 104 valence electrons. The van der Waals surface area contributed by atoms with E-state index in [1.807, 2.05) is 19.1 Å². The minimum absolute atomic E-state index is 0.113. The van der Waals surface area contributed by atoms with Gasteiger partial charge in [0.1, 0.15) is 11.7 Å². The summed E-state index contributed by atoms with van der Waals surface area (Å²) < 4.78 is 0. The highest BCUT2D eigenvalue weighted by atomic mass is 15.2. The van der Waals surface area contributed by atoms with Gasteiger partial charge in [-0.15, -0.1) is 0 Å². The number of hydrogen-bond acceptors (Lipinski definition) is 3. The van der Waals surface area contributed by atoms with Crippen LogP contribution in [-0.4, -0.2) is 23.9 Å². The van der Waals surface area contributed by atoms with Crippen LogP contribution in [0, 0.1) is 17.7 Å². The van der Waals surface area contributed by atoms with Gasteiger partial charge in [-0.05, 0) is 43.7 Å². The summed E-state index contributed by atoms with van der Waals surface area (Å²) in [5, 5.41) is 7.58. The molecule has 0 spiro atoms. The van der Waals surface area contributed by atoms with E-state index in [-0.39, 0.29) is 5.84 Å². The highest BCUT2D eigenvalue weighted by Gasteiger charge is 2.23. The predicted molar refractivity (Wildman–Crippen MR) is 79.8 cm³/mol. The normalized spacial score (nSPS) is 19.0. The van der Waals surface area contributed by atoms with Gasteiger partial charge in [0.2, 0.25) is 0 Å². The minimum atomic E-state index is 0.113. The fraction of sp³-hybridized carbons (Fsp3) is 0.600. The highest BCUT2D eigenvalue weighted by Crippen LogP contribution is 2.31. The Hall–Kier alpha value is -1.58. The predicted octanol–water partition coefficient (Wildman–Crippen LogP) is 2.69. The lowest BCUT2D eigenvalue weighted by Gasteiger charge is -2.24. The third-order valence-electron chi connectivity index (χ3n) is 3.91. The standard InChI is InChI=1S/C15H24N4/c1-11-9-12(14(16)17)10-13(18-11)19-7-4-5-15(2,3)6-8-19/h9-10H,4-8H2,1-3H3,(H3,16,17). The molecule has 2 rings (SSSR count). The summed E-state index contributed by atoms with van der Waals surface area (Å²) in [5.74, 6) is 1.07. The number of nitrogens with zero attached hydrogens (tertiary/aromatic N) is 2. The number of amidine groups is 1. The molecule has 0 aliphatic carbocycles. The molecule has 19 heavy (non-hydrogen) atoms. The molecule has 0 atom stereocenters. The van der Waals surface area contributed by atoms with Crippen molar-refractivity contribution in [3.8, 4) is 0 Å². The first kappa shape index (κ1) is 13.8. The molecule has 1 aliphatic rings. The molecule has 0 bridgehead atoms. The summed E-state index contributed by atoms with van der Waals surface area (Å²) in [7, 11) is 0. The lowest BCUT2D eigenvalue weighted by atomic mass is 9.85. The van der Waals surface area contributed by atoms with Gasteiger partial charge in [0.25, 0.3) is 0 Å². The summed E-state index contributed by atoms with van der Waals surface area (Å²) in [4.78, 5) is 6.93. The van der Waals surface area contributed by atoms with E-state index in [9.17, 15) is 0 Å². The molecule has 3 N–H and O–H groups in total. The van der Waals surface area contributed by atoms with E-state index in [2.05, 4.69) is 23.7 Å². The van der Waals surface area contributed by atoms with Gasteiger partial charge < -0.3 is 10.6 Å². The molecular weight excluding hydrogens is 236 g/mol. The smallest absolute Gasteiger partial charge is 0.129 e. The van der Waals surface area contributed by atoms with E-state index in [1.165, 1.54) is 19.3 Å². The van der Waals surface area contributed by atoms with Crippen molar-refractivity contribution in [3.63, 3.8) is 0 Å². The summed E-state index contributed by atoms with van der Waals surface area (Å²) in [6.07, 6.45) is 3.63. The number of nitrogen functional groups attached to an aromatic ring is 1. The van der Waals surface area contributed by atoms with Crippen LogP contribution in [0.5, 0.6) is 0 Å². The molecule has 1 saturated heterocycles. The number of pyridine rings is 1. The van der Waals surface area contributed by atoms with Gasteiger partial charge in [-0.3, -0.25) is 5.41 Å². The minimum Gasteiger partial charge on any atom is -0.384 e. The van der Waals surface area contributed by atoms with Gasteiger partial charge in [0, 0.05) is 24.3 Å². The molecular formula is C15H24N4. The van der Waals surface area contributed by atoms with Gasteiger partial charge in [-0.25, -0.2) is 4.98 Å². The molecule has 1 aromatic rings. The Labute approximate surface area is 115 Å². The van der Waals surface area contributed by atoms with Crippen LogP contribution < -0.4 is 10.6 Å². The number of nitrogens with two attached hydrogens (primary N) is 1. The lowest BCUT2D eigenvalue weighted by Crippen LogP contribution is -2.26. The zero-order chi connectivity index (χ0) is 14.0. The average Bonchev–Trinajstić information content (AvgIpc) is 2.49. The van der Waals surface area contributed by atoms with Gasteiger partial charge in [0.15, 0.2) is 0 Å². The number of aryl methyl sites for hydroxylation is 1. The first-order valence-electron chi connectivity index (χ1n) is 6.95. The fourth-order valence-corrected chi connectivity index (χ4v) is 2.62. The van der Waals surface area contributed by atoms with Crippen LogP contribution in [0.15, 0.2) is 12.1 Å². The summed E-state index contributed by atoms with van der Waals surface area (Å²) in [5.41, 5.74) is 7.70. The molecule has 0 unspecified atom stereocenters. The van der Waals surface area contributed by atoms with Crippen molar-refractivity contribution in [1.82, 2.24) is 4.98 Å². The molecule has 0 saturated carbocycles. The Bertz CT molecular complexity index is 479. The third kappa shape index (κ3) is 3.46. The maximum Gasteiger partial charge on any atom is 0.129 e. The molecule has 0 amide bonds. The number of rotatable bonds is 2. The van der Waals surface area contributed by atoms with Gasteiger partial charge >= 0.3 is 0 Å². The second-order valence-corrected chi connectivity index (χ2v) is 6.27. The largest absolute Gasteiger partial charge is 0.384 e. The number of nitrogens with one attached hydrogen (secondary N) is 1. The first-order valence-corrected chi connectivity index (χ1v) is 6.95. The van der Waals surface area contributed by atoms with Crippen molar-refractivity contribution in [3.05, 3.63) is 23.4 Å². The van der Waals surface area contributed by atoms with E-state index < -0.39 is 0 Å². The van der Waals surface area contributed by atoms with Crippen molar-refractivity contribution >= 4 is 11.7 Å². The van der Waals surface area contributed by atoms with Crippen LogP contribution >= 0.6 is 0 Å². The maximum absolute atomic E-state index is 7.58. The molecule has 0 radical (unpaired) electrons. The molecule has 1 aromatic heterocycles. The SMILES string of the molecule is Cc1cc(C(=N)N)cc(N2CCCC(C)(C)CC2)n1. The maximum atomic E-state index is 7.58. The topological polar surface area (TPSA) is 66.0 Å². The molecule has 2 heterocycles. The van der Waals surface area contributed by atoms with Gasteiger partial charge in [0.05, 0.1) is 0 Å². The molecule has 0 aromatic carbocycles.